The molecule has 2 atom stereocenters. The van der Waals surface area contributed by atoms with Crippen molar-refractivity contribution in [2.24, 2.45) is 5.92 Å². The third-order valence-corrected chi connectivity index (χ3v) is 4.02. The summed E-state index contributed by atoms with van der Waals surface area (Å²) >= 11 is 5.93. The maximum absolute atomic E-state index is 12.5. The fourth-order valence-electron chi connectivity index (χ4n) is 2.77. The van der Waals surface area contributed by atoms with Crippen molar-refractivity contribution in [2.75, 3.05) is 26.7 Å². The molecule has 5 heteroatoms. The quantitative estimate of drug-likeness (QED) is 0.909. The molecule has 0 radical (unpaired) electrons. The van der Waals surface area contributed by atoms with Crippen LogP contribution in [0.15, 0.2) is 24.3 Å². The first kappa shape index (κ1) is 16.1. The number of likely N-dealkylation sites (tertiary alicyclic amines) is 1. The standard InChI is InChI=1S/C16H23ClN2O2/c1-12(21-15-7-3-6-14(17)9-15)16(20)19-8-4-5-13(11-19)10-18-2/h3,6-7,9,12-13,18H,4-5,8,10-11H2,1-2H3. The highest BCUT2D eigenvalue weighted by atomic mass is 35.5. The van der Waals surface area contributed by atoms with E-state index in [9.17, 15) is 4.79 Å². The van der Waals surface area contributed by atoms with Gasteiger partial charge < -0.3 is 15.0 Å². The SMILES string of the molecule is CNCC1CCCN(C(=O)C(C)Oc2cccc(Cl)c2)C1. The van der Waals surface area contributed by atoms with E-state index < -0.39 is 6.10 Å². The molecule has 2 unspecified atom stereocenters. The van der Waals surface area contributed by atoms with Crippen LogP contribution in [0, 0.1) is 5.92 Å². The maximum Gasteiger partial charge on any atom is 0.263 e. The molecule has 0 bridgehead atoms. The molecule has 4 nitrogen and oxygen atoms in total. The van der Waals surface area contributed by atoms with E-state index in [2.05, 4.69) is 5.32 Å². The van der Waals surface area contributed by atoms with Crippen molar-refractivity contribution >= 4 is 17.5 Å². The van der Waals surface area contributed by atoms with Crippen LogP contribution < -0.4 is 10.1 Å². The third kappa shape index (κ3) is 4.61. The van der Waals surface area contributed by atoms with Crippen molar-refractivity contribution in [3.05, 3.63) is 29.3 Å². The number of hydrogen-bond acceptors (Lipinski definition) is 3. The highest BCUT2D eigenvalue weighted by Crippen LogP contribution is 2.20. The van der Waals surface area contributed by atoms with Gasteiger partial charge in [0.1, 0.15) is 5.75 Å². The van der Waals surface area contributed by atoms with E-state index in [4.69, 9.17) is 16.3 Å². The number of benzene rings is 1. The highest BCUT2D eigenvalue weighted by molar-refractivity contribution is 6.30. The summed E-state index contributed by atoms with van der Waals surface area (Å²) in [6, 6.07) is 7.15. The van der Waals surface area contributed by atoms with Crippen molar-refractivity contribution in [3.8, 4) is 5.75 Å². The van der Waals surface area contributed by atoms with Crippen LogP contribution in [-0.4, -0.2) is 43.6 Å². The molecule has 0 aromatic heterocycles. The summed E-state index contributed by atoms with van der Waals surface area (Å²) in [6.07, 6.45) is 1.74. The predicted molar refractivity (Wildman–Crippen MR) is 84.8 cm³/mol. The van der Waals surface area contributed by atoms with Crippen LogP contribution in [0.2, 0.25) is 5.02 Å². The minimum Gasteiger partial charge on any atom is -0.481 e. The maximum atomic E-state index is 12.5. The Morgan fingerprint density at radius 1 is 1.57 bits per heavy atom. The first-order valence-corrected chi connectivity index (χ1v) is 7.83. The van der Waals surface area contributed by atoms with Gasteiger partial charge in [0.25, 0.3) is 5.91 Å². The lowest BCUT2D eigenvalue weighted by Crippen LogP contribution is -2.47. The van der Waals surface area contributed by atoms with Gasteiger partial charge in [-0.25, -0.2) is 0 Å². The van der Waals surface area contributed by atoms with Gasteiger partial charge in [-0.3, -0.25) is 4.79 Å². The smallest absolute Gasteiger partial charge is 0.263 e. The van der Waals surface area contributed by atoms with E-state index in [-0.39, 0.29) is 5.91 Å². The van der Waals surface area contributed by atoms with Gasteiger partial charge in [-0.05, 0) is 57.5 Å². The molecule has 0 saturated carbocycles. The molecule has 1 aromatic rings. The fourth-order valence-corrected chi connectivity index (χ4v) is 2.95. The molecule has 0 aliphatic carbocycles. The number of nitrogens with one attached hydrogen (secondary N) is 1. The van der Waals surface area contributed by atoms with Crippen LogP contribution in [0.25, 0.3) is 0 Å². The van der Waals surface area contributed by atoms with Crippen molar-refractivity contribution < 1.29 is 9.53 Å². The molecule has 1 aromatic carbocycles. The number of halogens is 1. The molecule has 0 spiro atoms. The van der Waals surface area contributed by atoms with Gasteiger partial charge in [-0.2, -0.15) is 0 Å². The number of amides is 1. The van der Waals surface area contributed by atoms with Gasteiger partial charge in [0.15, 0.2) is 6.10 Å². The molecule has 1 fully saturated rings. The van der Waals surface area contributed by atoms with Gasteiger partial charge >= 0.3 is 0 Å². The lowest BCUT2D eigenvalue weighted by atomic mass is 9.97. The number of carbonyl (C=O) groups is 1. The van der Waals surface area contributed by atoms with Gasteiger partial charge in [0.2, 0.25) is 0 Å². The molecule has 1 saturated heterocycles. The van der Waals surface area contributed by atoms with Crippen molar-refractivity contribution in [2.45, 2.75) is 25.9 Å². The molecule has 2 rings (SSSR count). The van der Waals surface area contributed by atoms with E-state index in [0.29, 0.717) is 16.7 Å². The summed E-state index contributed by atoms with van der Waals surface area (Å²) < 4.78 is 5.71. The first-order chi connectivity index (χ1) is 10.1. The van der Waals surface area contributed by atoms with Crippen LogP contribution in [0.5, 0.6) is 5.75 Å². The molecule has 1 heterocycles. The Bertz CT molecular complexity index is 479. The largest absolute Gasteiger partial charge is 0.481 e. The average Bonchev–Trinajstić information content (AvgIpc) is 2.47. The number of ether oxygens (including phenoxy) is 1. The molecule has 1 N–H and O–H groups in total. The van der Waals surface area contributed by atoms with Gasteiger partial charge in [0.05, 0.1) is 0 Å². The van der Waals surface area contributed by atoms with Gasteiger partial charge in [0, 0.05) is 18.1 Å². The third-order valence-electron chi connectivity index (χ3n) is 3.78. The summed E-state index contributed by atoms with van der Waals surface area (Å²) in [5.74, 6) is 1.22. The first-order valence-electron chi connectivity index (χ1n) is 7.45. The Morgan fingerprint density at radius 3 is 3.10 bits per heavy atom. The number of hydrogen-bond donors (Lipinski definition) is 1. The minimum atomic E-state index is -0.489. The van der Waals surface area contributed by atoms with Crippen LogP contribution in [0.1, 0.15) is 19.8 Å². The van der Waals surface area contributed by atoms with E-state index >= 15 is 0 Å². The van der Waals surface area contributed by atoms with Crippen LogP contribution >= 0.6 is 11.6 Å². The lowest BCUT2D eigenvalue weighted by molar-refractivity contribution is -0.139. The number of nitrogens with zero attached hydrogens (tertiary/aromatic N) is 1. The fraction of sp³-hybridized carbons (Fsp3) is 0.562. The second-order valence-electron chi connectivity index (χ2n) is 5.57. The Kier molecular flexibility index (Phi) is 5.88. The Balaban J connectivity index is 1.92. The monoisotopic (exact) mass is 310 g/mol. The Labute approximate surface area is 131 Å². The van der Waals surface area contributed by atoms with Crippen LogP contribution in [0.3, 0.4) is 0 Å². The topological polar surface area (TPSA) is 41.6 Å². The molecule has 116 valence electrons. The van der Waals surface area contributed by atoms with Crippen molar-refractivity contribution in [1.82, 2.24) is 10.2 Å². The molecular formula is C16H23ClN2O2. The lowest BCUT2D eigenvalue weighted by Gasteiger charge is -2.34. The van der Waals surface area contributed by atoms with E-state index in [1.165, 1.54) is 6.42 Å². The van der Waals surface area contributed by atoms with E-state index in [1.54, 1.807) is 19.1 Å². The minimum absolute atomic E-state index is 0.0516. The normalized spacial score (nSPS) is 20.1. The molecule has 1 aliphatic rings. The van der Waals surface area contributed by atoms with Crippen molar-refractivity contribution in [1.29, 1.82) is 0 Å². The number of carbonyl (C=O) groups excluding carboxylic acids is 1. The second-order valence-corrected chi connectivity index (χ2v) is 6.00. The highest BCUT2D eigenvalue weighted by Gasteiger charge is 2.27. The zero-order valence-corrected chi connectivity index (χ0v) is 13.4. The summed E-state index contributed by atoms with van der Waals surface area (Å²) in [6.45, 7) is 4.38. The molecule has 1 aliphatic heterocycles. The summed E-state index contributed by atoms with van der Waals surface area (Å²) in [5, 5.41) is 3.80. The zero-order valence-electron chi connectivity index (χ0n) is 12.6. The molecular weight excluding hydrogens is 288 g/mol. The van der Waals surface area contributed by atoms with E-state index in [0.717, 1.165) is 26.1 Å². The summed E-state index contributed by atoms with van der Waals surface area (Å²) in [5.41, 5.74) is 0. The number of piperidine rings is 1. The summed E-state index contributed by atoms with van der Waals surface area (Å²) in [4.78, 5) is 14.4. The van der Waals surface area contributed by atoms with Crippen molar-refractivity contribution in [3.63, 3.8) is 0 Å². The molecule has 1 amide bonds. The molecule has 21 heavy (non-hydrogen) atoms. The van der Waals surface area contributed by atoms with Gasteiger partial charge in [-0.15, -0.1) is 0 Å². The average molecular weight is 311 g/mol. The van der Waals surface area contributed by atoms with E-state index in [1.807, 2.05) is 24.1 Å². The van der Waals surface area contributed by atoms with Crippen LogP contribution in [-0.2, 0) is 4.79 Å². The summed E-state index contributed by atoms with van der Waals surface area (Å²) in [7, 11) is 1.95. The Hall–Kier alpha value is -1.26. The zero-order chi connectivity index (χ0) is 15.2. The van der Waals surface area contributed by atoms with Gasteiger partial charge in [-0.1, -0.05) is 17.7 Å². The van der Waals surface area contributed by atoms with Crippen LogP contribution in [0.4, 0.5) is 0 Å². The Morgan fingerprint density at radius 2 is 2.38 bits per heavy atom. The second kappa shape index (κ2) is 7.66. The number of rotatable bonds is 5. The predicted octanol–water partition coefficient (Wildman–Crippen LogP) is 2.57.